The zero-order chi connectivity index (χ0) is 18.0. The lowest BCUT2D eigenvalue weighted by molar-refractivity contribution is -0.148. The summed E-state index contributed by atoms with van der Waals surface area (Å²) in [5.74, 6) is -0.800. The number of halogens is 1. The minimum absolute atomic E-state index is 0.180. The Bertz CT molecular complexity index is 807. The van der Waals surface area contributed by atoms with Gasteiger partial charge in [0.15, 0.2) is 0 Å². The molecule has 25 heavy (non-hydrogen) atoms. The molecule has 0 aromatic heterocycles. The molecule has 0 bridgehead atoms. The highest BCUT2D eigenvalue weighted by atomic mass is 19.1. The van der Waals surface area contributed by atoms with Crippen molar-refractivity contribution in [1.29, 1.82) is 0 Å². The number of hydrogen-bond donors (Lipinski definition) is 1. The Morgan fingerprint density at radius 3 is 2.56 bits per heavy atom. The standard InChI is InChI=1S/C19H19FN2O3/c1-3-22-15-6-4-5-7-16(15)25-19(2,18(22)24)17(23)21-12-13-8-10-14(20)11-9-13/h4-11H,3,12H2,1-2H3,(H,21,23). The predicted octanol–water partition coefficient (Wildman–Crippen LogP) is 2.65. The fourth-order valence-corrected chi connectivity index (χ4v) is 2.81. The summed E-state index contributed by atoms with van der Waals surface area (Å²) < 4.78 is 18.7. The van der Waals surface area contributed by atoms with Crippen LogP contribution in [0.15, 0.2) is 48.5 Å². The van der Waals surface area contributed by atoms with Crippen LogP contribution in [-0.2, 0) is 16.1 Å². The van der Waals surface area contributed by atoms with Gasteiger partial charge >= 0.3 is 0 Å². The summed E-state index contributed by atoms with van der Waals surface area (Å²) in [6.07, 6.45) is 0. The molecule has 6 heteroatoms. The quantitative estimate of drug-likeness (QED) is 0.869. The van der Waals surface area contributed by atoms with Gasteiger partial charge in [-0.2, -0.15) is 0 Å². The van der Waals surface area contributed by atoms with Crippen molar-refractivity contribution in [2.24, 2.45) is 0 Å². The molecule has 0 spiro atoms. The molecule has 2 aromatic carbocycles. The van der Waals surface area contributed by atoms with E-state index in [-0.39, 0.29) is 12.4 Å². The van der Waals surface area contributed by atoms with Gasteiger partial charge in [-0.25, -0.2) is 4.39 Å². The molecular formula is C19H19FN2O3. The summed E-state index contributed by atoms with van der Waals surface area (Å²) in [5, 5.41) is 2.70. The van der Waals surface area contributed by atoms with Gasteiger partial charge in [-0.15, -0.1) is 0 Å². The summed E-state index contributed by atoms with van der Waals surface area (Å²) >= 11 is 0. The second-order valence-electron chi connectivity index (χ2n) is 5.96. The van der Waals surface area contributed by atoms with E-state index in [0.717, 1.165) is 5.56 Å². The van der Waals surface area contributed by atoms with Crippen LogP contribution in [0.25, 0.3) is 0 Å². The maximum atomic E-state index is 13.0. The van der Waals surface area contributed by atoms with Gasteiger partial charge in [0, 0.05) is 13.1 Å². The number of amides is 2. The van der Waals surface area contributed by atoms with E-state index in [1.807, 2.05) is 13.0 Å². The molecule has 1 atom stereocenters. The summed E-state index contributed by atoms with van der Waals surface area (Å²) in [7, 11) is 0. The molecular weight excluding hydrogens is 323 g/mol. The van der Waals surface area contributed by atoms with Crippen molar-refractivity contribution >= 4 is 17.5 Å². The predicted molar refractivity (Wildman–Crippen MR) is 91.7 cm³/mol. The molecule has 5 nitrogen and oxygen atoms in total. The van der Waals surface area contributed by atoms with E-state index in [2.05, 4.69) is 5.32 Å². The van der Waals surface area contributed by atoms with Crippen LogP contribution in [0.2, 0.25) is 0 Å². The van der Waals surface area contributed by atoms with Crippen LogP contribution in [0, 0.1) is 5.82 Å². The van der Waals surface area contributed by atoms with Gasteiger partial charge in [0.2, 0.25) is 0 Å². The minimum atomic E-state index is -1.65. The van der Waals surface area contributed by atoms with E-state index < -0.39 is 17.4 Å². The lowest BCUT2D eigenvalue weighted by atomic mass is 9.99. The summed E-state index contributed by atoms with van der Waals surface area (Å²) in [6.45, 7) is 3.92. The molecule has 1 aliphatic heterocycles. The molecule has 3 rings (SSSR count). The number of nitrogens with one attached hydrogen (secondary N) is 1. The van der Waals surface area contributed by atoms with Crippen molar-refractivity contribution in [3.63, 3.8) is 0 Å². The molecule has 2 aromatic rings. The van der Waals surface area contributed by atoms with Gasteiger partial charge in [0.1, 0.15) is 11.6 Å². The zero-order valence-corrected chi connectivity index (χ0v) is 14.1. The Labute approximate surface area is 145 Å². The molecule has 1 N–H and O–H groups in total. The first-order valence-corrected chi connectivity index (χ1v) is 8.08. The molecule has 0 saturated carbocycles. The first-order chi connectivity index (χ1) is 12.0. The number of benzene rings is 2. The van der Waals surface area contributed by atoms with Crippen molar-refractivity contribution in [3.8, 4) is 5.75 Å². The van der Waals surface area contributed by atoms with E-state index in [1.54, 1.807) is 30.3 Å². The van der Waals surface area contributed by atoms with Crippen LogP contribution < -0.4 is 15.0 Å². The third-order valence-corrected chi connectivity index (χ3v) is 4.24. The molecule has 0 radical (unpaired) electrons. The van der Waals surface area contributed by atoms with Crippen molar-refractivity contribution in [1.82, 2.24) is 5.32 Å². The van der Waals surface area contributed by atoms with Gasteiger partial charge in [0.05, 0.1) is 5.69 Å². The van der Waals surface area contributed by atoms with Crippen LogP contribution in [0.1, 0.15) is 19.4 Å². The van der Waals surface area contributed by atoms with Gasteiger partial charge in [0.25, 0.3) is 17.4 Å². The number of hydrogen-bond acceptors (Lipinski definition) is 3. The highest BCUT2D eigenvalue weighted by Gasteiger charge is 2.50. The lowest BCUT2D eigenvalue weighted by Gasteiger charge is -2.39. The first-order valence-electron chi connectivity index (χ1n) is 8.08. The molecule has 0 fully saturated rings. The second-order valence-corrected chi connectivity index (χ2v) is 5.96. The number of para-hydroxylation sites is 2. The third kappa shape index (κ3) is 3.07. The molecule has 130 valence electrons. The molecule has 0 saturated heterocycles. The van der Waals surface area contributed by atoms with E-state index in [0.29, 0.717) is 18.0 Å². The zero-order valence-electron chi connectivity index (χ0n) is 14.1. The average molecular weight is 342 g/mol. The van der Waals surface area contributed by atoms with E-state index in [1.165, 1.54) is 24.0 Å². The van der Waals surface area contributed by atoms with Crippen LogP contribution >= 0.6 is 0 Å². The van der Waals surface area contributed by atoms with Crippen molar-refractivity contribution in [2.75, 3.05) is 11.4 Å². The first kappa shape index (κ1) is 17.0. The number of likely N-dealkylation sites (N-methyl/N-ethyl adjacent to an activating group) is 1. The molecule has 1 unspecified atom stereocenters. The highest BCUT2D eigenvalue weighted by Crippen LogP contribution is 2.37. The molecule has 0 aliphatic carbocycles. The SMILES string of the molecule is CCN1C(=O)C(C)(C(=O)NCc2ccc(F)cc2)Oc2ccccc21. The van der Waals surface area contributed by atoms with Crippen LogP contribution in [0.3, 0.4) is 0 Å². The lowest BCUT2D eigenvalue weighted by Crippen LogP contribution is -2.62. The number of anilines is 1. The van der Waals surface area contributed by atoms with Crippen LogP contribution in [0.5, 0.6) is 5.75 Å². The van der Waals surface area contributed by atoms with Crippen molar-refractivity contribution < 1.29 is 18.7 Å². The van der Waals surface area contributed by atoms with Crippen LogP contribution in [0.4, 0.5) is 10.1 Å². The number of rotatable bonds is 4. The molecule has 1 heterocycles. The van der Waals surface area contributed by atoms with Crippen molar-refractivity contribution in [2.45, 2.75) is 26.0 Å². The summed E-state index contributed by atoms with van der Waals surface area (Å²) in [5.41, 5.74) is -0.266. The average Bonchev–Trinajstić information content (AvgIpc) is 2.62. The Morgan fingerprint density at radius 2 is 1.88 bits per heavy atom. The van der Waals surface area contributed by atoms with Gasteiger partial charge < -0.3 is 15.0 Å². The van der Waals surface area contributed by atoms with Crippen LogP contribution in [-0.4, -0.2) is 24.0 Å². The maximum absolute atomic E-state index is 13.0. The third-order valence-electron chi connectivity index (χ3n) is 4.24. The number of ether oxygens (including phenoxy) is 1. The summed E-state index contributed by atoms with van der Waals surface area (Å²) in [4.78, 5) is 27.1. The smallest absolute Gasteiger partial charge is 0.280 e. The number of nitrogens with zero attached hydrogens (tertiary/aromatic N) is 1. The largest absolute Gasteiger partial charge is 0.466 e. The number of carbonyl (C=O) groups excluding carboxylic acids is 2. The second kappa shape index (κ2) is 6.55. The van der Waals surface area contributed by atoms with Gasteiger partial charge in [-0.3, -0.25) is 9.59 Å². The Balaban J connectivity index is 1.81. The number of carbonyl (C=O) groups is 2. The fraction of sp³-hybridized carbons (Fsp3) is 0.263. The Hall–Kier alpha value is -2.89. The van der Waals surface area contributed by atoms with Crippen molar-refractivity contribution in [3.05, 3.63) is 59.9 Å². The van der Waals surface area contributed by atoms with Gasteiger partial charge in [-0.05, 0) is 43.7 Å². The van der Waals surface area contributed by atoms with Gasteiger partial charge in [-0.1, -0.05) is 24.3 Å². The molecule has 2 amide bonds. The number of fused-ring (bicyclic) bond motifs is 1. The highest BCUT2D eigenvalue weighted by molar-refractivity contribution is 6.16. The van der Waals surface area contributed by atoms with E-state index in [9.17, 15) is 14.0 Å². The van der Waals surface area contributed by atoms with E-state index in [4.69, 9.17) is 4.74 Å². The fourth-order valence-electron chi connectivity index (χ4n) is 2.81. The Morgan fingerprint density at radius 1 is 1.20 bits per heavy atom. The minimum Gasteiger partial charge on any atom is -0.466 e. The monoisotopic (exact) mass is 342 g/mol. The maximum Gasteiger partial charge on any atom is 0.280 e. The van der Waals surface area contributed by atoms with E-state index >= 15 is 0 Å². The Kier molecular flexibility index (Phi) is 4.44. The topological polar surface area (TPSA) is 58.6 Å². The normalized spacial score (nSPS) is 19.2. The molecule has 1 aliphatic rings. The summed E-state index contributed by atoms with van der Waals surface area (Å²) in [6, 6.07) is 12.9.